The van der Waals surface area contributed by atoms with Gasteiger partial charge in [0.15, 0.2) is 0 Å². The molecule has 0 aliphatic carbocycles. The number of likely N-dealkylation sites (tertiary alicyclic amines) is 1. The van der Waals surface area contributed by atoms with Gasteiger partial charge in [0, 0.05) is 24.5 Å². The zero-order valence-electron chi connectivity index (χ0n) is 14.4. The van der Waals surface area contributed by atoms with Crippen LogP contribution in [0.3, 0.4) is 0 Å². The third-order valence-electron chi connectivity index (χ3n) is 4.64. The Labute approximate surface area is 151 Å². The average Bonchev–Trinajstić information content (AvgIpc) is 3.33. The number of benzene rings is 1. The van der Waals surface area contributed by atoms with Crippen LogP contribution in [0, 0.1) is 0 Å². The van der Waals surface area contributed by atoms with Crippen LogP contribution in [-0.4, -0.2) is 48.6 Å². The van der Waals surface area contributed by atoms with E-state index in [1.54, 1.807) is 17.2 Å². The van der Waals surface area contributed by atoms with E-state index in [1.165, 1.54) is 0 Å². The molecule has 132 valence electrons. The Morgan fingerprint density at radius 1 is 1.15 bits per heavy atom. The molecule has 0 unspecified atom stereocenters. The fourth-order valence-electron chi connectivity index (χ4n) is 3.35. The fourth-order valence-corrected chi connectivity index (χ4v) is 3.35. The summed E-state index contributed by atoms with van der Waals surface area (Å²) in [4.78, 5) is 20.3. The molecule has 0 bridgehead atoms. The van der Waals surface area contributed by atoms with Crippen molar-refractivity contribution in [3.63, 3.8) is 0 Å². The Bertz CT molecular complexity index is 864. The van der Waals surface area contributed by atoms with E-state index < -0.39 is 0 Å². The molecule has 1 fully saturated rings. The molecule has 0 spiro atoms. The number of hydrogen-bond donors (Lipinski definition) is 0. The SMILES string of the molecule is O=C(Cc1ccccc1)N1CCC[C@@H]1Cn1nnc(-c2cccnc2)n1. The van der Waals surface area contributed by atoms with Crippen molar-refractivity contribution in [3.05, 3.63) is 60.4 Å². The highest BCUT2D eigenvalue weighted by Crippen LogP contribution is 2.20. The summed E-state index contributed by atoms with van der Waals surface area (Å²) in [5.41, 5.74) is 1.88. The molecule has 7 nitrogen and oxygen atoms in total. The van der Waals surface area contributed by atoms with Gasteiger partial charge in [-0.3, -0.25) is 9.78 Å². The number of carbonyl (C=O) groups excluding carboxylic acids is 1. The van der Waals surface area contributed by atoms with E-state index in [-0.39, 0.29) is 11.9 Å². The second-order valence-electron chi connectivity index (χ2n) is 6.46. The molecule has 1 saturated heterocycles. The first kappa shape index (κ1) is 16.4. The molecule has 0 saturated carbocycles. The normalized spacial score (nSPS) is 16.8. The lowest BCUT2D eigenvalue weighted by Gasteiger charge is -2.24. The van der Waals surface area contributed by atoms with Crippen LogP contribution in [0.25, 0.3) is 11.4 Å². The highest BCUT2D eigenvalue weighted by molar-refractivity contribution is 5.79. The predicted octanol–water partition coefficient (Wildman–Crippen LogP) is 1.97. The van der Waals surface area contributed by atoms with Crippen molar-refractivity contribution >= 4 is 5.91 Å². The van der Waals surface area contributed by atoms with Gasteiger partial charge in [-0.15, -0.1) is 10.2 Å². The fraction of sp³-hybridized carbons (Fsp3) is 0.316. The van der Waals surface area contributed by atoms with Crippen molar-refractivity contribution in [2.24, 2.45) is 0 Å². The van der Waals surface area contributed by atoms with Crippen LogP contribution in [0.2, 0.25) is 0 Å². The number of pyridine rings is 1. The molecule has 0 radical (unpaired) electrons. The van der Waals surface area contributed by atoms with Gasteiger partial charge in [-0.25, -0.2) is 0 Å². The van der Waals surface area contributed by atoms with E-state index in [0.717, 1.165) is 30.5 Å². The van der Waals surface area contributed by atoms with Gasteiger partial charge in [-0.05, 0) is 35.8 Å². The van der Waals surface area contributed by atoms with Crippen molar-refractivity contribution in [2.75, 3.05) is 6.54 Å². The second-order valence-corrected chi connectivity index (χ2v) is 6.46. The van der Waals surface area contributed by atoms with Crippen molar-refractivity contribution < 1.29 is 4.79 Å². The summed E-state index contributed by atoms with van der Waals surface area (Å²) in [6.07, 6.45) is 5.83. The predicted molar refractivity (Wildman–Crippen MR) is 95.9 cm³/mol. The molecule has 1 amide bonds. The summed E-state index contributed by atoms with van der Waals surface area (Å²) >= 11 is 0. The summed E-state index contributed by atoms with van der Waals surface area (Å²) in [7, 11) is 0. The van der Waals surface area contributed by atoms with Gasteiger partial charge < -0.3 is 4.90 Å². The number of tetrazole rings is 1. The monoisotopic (exact) mass is 348 g/mol. The first-order valence-electron chi connectivity index (χ1n) is 8.81. The van der Waals surface area contributed by atoms with Crippen molar-refractivity contribution in [1.82, 2.24) is 30.1 Å². The quantitative estimate of drug-likeness (QED) is 0.704. The van der Waals surface area contributed by atoms with Crippen LogP contribution in [0.4, 0.5) is 0 Å². The third kappa shape index (κ3) is 3.61. The lowest BCUT2D eigenvalue weighted by Crippen LogP contribution is -2.39. The summed E-state index contributed by atoms with van der Waals surface area (Å²) in [5, 5.41) is 12.7. The summed E-state index contributed by atoms with van der Waals surface area (Å²) < 4.78 is 0. The zero-order valence-corrected chi connectivity index (χ0v) is 14.4. The smallest absolute Gasteiger partial charge is 0.227 e. The number of amides is 1. The van der Waals surface area contributed by atoms with E-state index in [4.69, 9.17) is 0 Å². The van der Waals surface area contributed by atoms with Gasteiger partial charge in [-0.1, -0.05) is 30.3 Å². The highest BCUT2D eigenvalue weighted by atomic mass is 16.2. The minimum Gasteiger partial charge on any atom is -0.337 e. The molecule has 3 heterocycles. The second kappa shape index (κ2) is 7.43. The number of rotatable bonds is 5. The minimum absolute atomic E-state index is 0.113. The van der Waals surface area contributed by atoms with Crippen LogP contribution in [0.1, 0.15) is 18.4 Å². The van der Waals surface area contributed by atoms with E-state index >= 15 is 0 Å². The lowest BCUT2D eigenvalue weighted by molar-refractivity contribution is -0.131. The van der Waals surface area contributed by atoms with E-state index in [1.807, 2.05) is 47.4 Å². The van der Waals surface area contributed by atoms with Crippen LogP contribution in [0.15, 0.2) is 54.9 Å². The standard InChI is InChI=1S/C19H20N6O/c26-18(12-15-6-2-1-3-7-15)24-11-5-9-17(24)14-25-22-19(21-23-25)16-8-4-10-20-13-16/h1-4,6-8,10,13,17H,5,9,11-12,14H2/t17-/m1/s1. The van der Waals surface area contributed by atoms with Crippen LogP contribution >= 0.6 is 0 Å². The maximum Gasteiger partial charge on any atom is 0.227 e. The van der Waals surface area contributed by atoms with Crippen LogP contribution in [-0.2, 0) is 17.8 Å². The topological polar surface area (TPSA) is 76.8 Å². The Kier molecular flexibility index (Phi) is 4.68. The van der Waals surface area contributed by atoms with Gasteiger partial charge in [0.2, 0.25) is 11.7 Å². The van der Waals surface area contributed by atoms with Crippen molar-refractivity contribution in [2.45, 2.75) is 31.8 Å². The van der Waals surface area contributed by atoms with Crippen LogP contribution < -0.4 is 0 Å². The molecular formula is C19H20N6O. The Morgan fingerprint density at radius 3 is 2.85 bits per heavy atom. The van der Waals surface area contributed by atoms with E-state index in [9.17, 15) is 4.79 Å². The molecular weight excluding hydrogens is 328 g/mol. The maximum atomic E-state index is 12.7. The average molecular weight is 348 g/mol. The molecule has 0 N–H and O–H groups in total. The number of hydrogen-bond acceptors (Lipinski definition) is 5. The lowest BCUT2D eigenvalue weighted by atomic mass is 10.1. The molecule has 3 aromatic rings. The van der Waals surface area contributed by atoms with Crippen molar-refractivity contribution in [3.8, 4) is 11.4 Å². The molecule has 1 aromatic carbocycles. The van der Waals surface area contributed by atoms with Gasteiger partial charge in [0.25, 0.3) is 0 Å². The Morgan fingerprint density at radius 2 is 2.04 bits per heavy atom. The summed E-state index contributed by atoms with van der Waals surface area (Å²) in [6, 6.07) is 13.7. The molecule has 26 heavy (non-hydrogen) atoms. The van der Waals surface area contributed by atoms with Gasteiger partial charge in [-0.2, -0.15) is 4.80 Å². The van der Waals surface area contributed by atoms with E-state index in [0.29, 0.717) is 18.8 Å². The van der Waals surface area contributed by atoms with Crippen molar-refractivity contribution in [1.29, 1.82) is 0 Å². The first-order valence-corrected chi connectivity index (χ1v) is 8.81. The summed E-state index contributed by atoms with van der Waals surface area (Å²) in [5.74, 6) is 0.713. The molecule has 1 aliphatic rings. The number of aromatic nitrogens is 5. The van der Waals surface area contributed by atoms with E-state index in [2.05, 4.69) is 20.4 Å². The number of nitrogens with zero attached hydrogens (tertiary/aromatic N) is 6. The molecule has 1 atom stereocenters. The van der Waals surface area contributed by atoms with Gasteiger partial charge in [0.05, 0.1) is 19.0 Å². The maximum absolute atomic E-state index is 12.7. The highest BCUT2D eigenvalue weighted by Gasteiger charge is 2.29. The minimum atomic E-state index is 0.113. The Hall–Kier alpha value is -3.09. The molecule has 4 rings (SSSR count). The molecule has 1 aliphatic heterocycles. The largest absolute Gasteiger partial charge is 0.337 e. The Balaban J connectivity index is 1.43. The molecule has 2 aromatic heterocycles. The van der Waals surface area contributed by atoms with Gasteiger partial charge >= 0.3 is 0 Å². The zero-order chi connectivity index (χ0) is 17.8. The summed E-state index contributed by atoms with van der Waals surface area (Å²) in [6.45, 7) is 1.36. The third-order valence-corrected chi connectivity index (χ3v) is 4.64. The van der Waals surface area contributed by atoms with Crippen LogP contribution in [0.5, 0.6) is 0 Å². The molecule has 7 heteroatoms. The van der Waals surface area contributed by atoms with Gasteiger partial charge in [0.1, 0.15) is 0 Å². The first-order chi connectivity index (χ1) is 12.8. The number of carbonyl (C=O) groups is 1.